The molecule has 3 heteroatoms. The van der Waals surface area contributed by atoms with Crippen LogP contribution < -0.4 is 5.32 Å². The van der Waals surface area contributed by atoms with Gasteiger partial charge in [0.25, 0.3) is 0 Å². The van der Waals surface area contributed by atoms with E-state index >= 15 is 0 Å². The van der Waals surface area contributed by atoms with E-state index in [0.29, 0.717) is 12.5 Å². The summed E-state index contributed by atoms with van der Waals surface area (Å²) < 4.78 is 4.97. The minimum Gasteiger partial charge on any atom is -0.468 e. The first-order chi connectivity index (χ1) is 8.22. The SMILES string of the molecule is C#CCNC1(C(=O)OC)CCCC(C2CC2)C1. The van der Waals surface area contributed by atoms with Crippen molar-refractivity contribution in [1.29, 1.82) is 0 Å². The number of nitrogens with one attached hydrogen (secondary N) is 1. The Balaban J connectivity index is 2.08. The molecule has 2 unspecified atom stereocenters. The van der Waals surface area contributed by atoms with E-state index in [4.69, 9.17) is 11.2 Å². The summed E-state index contributed by atoms with van der Waals surface area (Å²) >= 11 is 0. The Kier molecular flexibility index (Phi) is 3.73. The van der Waals surface area contributed by atoms with E-state index in [9.17, 15) is 4.79 Å². The number of ether oxygens (including phenoxy) is 1. The molecule has 2 atom stereocenters. The van der Waals surface area contributed by atoms with Gasteiger partial charge in [-0.3, -0.25) is 10.1 Å². The minimum atomic E-state index is -0.521. The Morgan fingerprint density at radius 3 is 2.82 bits per heavy atom. The van der Waals surface area contributed by atoms with Crippen molar-refractivity contribution in [3.63, 3.8) is 0 Å². The van der Waals surface area contributed by atoms with Gasteiger partial charge in [-0.05, 0) is 37.5 Å². The molecular weight excluding hydrogens is 214 g/mol. The summed E-state index contributed by atoms with van der Waals surface area (Å²) in [6.07, 6.45) is 12.0. The number of terminal acetylenes is 1. The van der Waals surface area contributed by atoms with Crippen LogP contribution >= 0.6 is 0 Å². The van der Waals surface area contributed by atoms with Crippen LogP contribution in [0.4, 0.5) is 0 Å². The molecule has 2 rings (SSSR count). The van der Waals surface area contributed by atoms with Crippen LogP contribution in [0.25, 0.3) is 0 Å². The summed E-state index contributed by atoms with van der Waals surface area (Å²) in [6, 6.07) is 0. The second-order valence-corrected chi connectivity index (χ2v) is 5.33. The molecule has 2 saturated carbocycles. The summed E-state index contributed by atoms with van der Waals surface area (Å²) in [7, 11) is 1.46. The molecule has 3 nitrogen and oxygen atoms in total. The number of rotatable bonds is 4. The number of hydrogen-bond acceptors (Lipinski definition) is 3. The summed E-state index contributed by atoms with van der Waals surface area (Å²) in [4.78, 5) is 12.0. The monoisotopic (exact) mass is 235 g/mol. The van der Waals surface area contributed by atoms with Crippen molar-refractivity contribution in [3.8, 4) is 12.3 Å². The fourth-order valence-electron chi connectivity index (χ4n) is 3.12. The van der Waals surface area contributed by atoms with Crippen LogP contribution in [0.15, 0.2) is 0 Å². The molecule has 0 radical (unpaired) electrons. The van der Waals surface area contributed by atoms with Gasteiger partial charge >= 0.3 is 5.97 Å². The van der Waals surface area contributed by atoms with Crippen LogP contribution in [-0.4, -0.2) is 25.2 Å². The van der Waals surface area contributed by atoms with Gasteiger partial charge < -0.3 is 4.74 Å². The predicted molar refractivity (Wildman–Crippen MR) is 66.3 cm³/mol. The Bertz CT molecular complexity index is 330. The van der Waals surface area contributed by atoms with Crippen LogP contribution in [0.5, 0.6) is 0 Å². The summed E-state index contributed by atoms with van der Waals surface area (Å²) in [6.45, 7) is 0.437. The van der Waals surface area contributed by atoms with Crippen molar-refractivity contribution in [2.45, 2.75) is 44.1 Å². The van der Waals surface area contributed by atoms with Gasteiger partial charge in [0.2, 0.25) is 0 Å². The van der Waals surface area contributed by atoms with Crippen molar-refractivity contribution in [2.75, 3.05) is 13.7 Å². The molecule has 1 N–H and O–H groups in total. The predicted octanol–water partition coefficient (Wildman–Crippen LogP) is 1.72. The molecule has 0 aromatic carbocycles. The average Bonchev–Trinajstić information content (AvgIpc) is 3.20. The van der Waals surface area contributed by atoms with E-state index in [1.807, 2.05) is 0 Å². The van der Waals surface area contributed by atoms with E-state index in [-0.39, 0.29) is 5.97 Å². The molecule has 0 aromatic heterocycles. The Morgan fingerprint density at radius 1 is 1.47 bits per heavy atom. The van der Waals surface area contributed by atoms with Gasteiger partial charge in [0.15, 0.2) is 0 Å². The highest BCUT2D eigenvalue weighted by Gasteiger charge is 2.46. The maximum absolute atomic E-state index is 12.0. The Labute approximate surface area is 103 Å². The van der Waals surface area contributed by atoms with Crippen LogP contribution in [0.1, 0.15) is 38.5 Å². The molecule has 2 aliphatic rings. The third-order valence-corrected chi connectivity index (χ3v) is 4.18. The first-order valence-corrected chi connectivity index (χ1v) is 6.49. The number of methoxy groups -OCH3 is 1. The highest BCUT2D eigenvalue weighted by atomic mass is 16.5. The van der Waals surface area contributed by atoms with Crippen molar-refractivity contribution >= 4 is 5.97 Å². The van der Waals surface area contributed by atoms with E-state index in [1.54, 1.807) is 0 Å². The zero-order valence-corrected chi connectivity index (χ0v) is 10.5. The second-order valence-electron chi connectivity index (χ2n) is 5.33. The van der Waals surface area contributed by atoms with E-state index < -0.39 is 5.54 Å². The largest absolute Gasteiger partial charge is 0.468 e. The average molecular weight is 235 g/mol. The zero-order chi connectivity index (χ0) is 12.3. The Hall–Kier alpha value is -1.01. The van der Waals surface area contributed by atoms with Crippen molar-refractivity contribution in [3.05, 3.63) is 0 Å². The van der Waals surface area contributed by atoms with Crippen LogP contribution in [0.3, 0.4) is 0 Å². The number of carbonyl (C=O) groups excluding carboxylic acids is 1. The molecule has 0 amide bonds. The molecule has 0 aliphatic heterocycles. The van der Waals surface area contributed by atoms with Crippen molar-refractivity contribution in [2.24, 2.45) is 11.8 Å². The highest BCUT2D eigenvalue weighted by Crippen LogP contribution is 2.46. The van der Waals surface area contributed by atoms with Gasteiger partial charge in [-0.1, -0.05) is 18.8 Å². The van der Waals surface area contributed by atoms with Gasteiger partial charge in [-0.25, -0.2) is 0 Å². The van der Waals surface area contributed by atoms with Crippen molar-refractivity contribution in [1.82, 2.24) is 5.32 Å². The lowest BCUT2D eigenvalue weighted by Gasteiger charge is -2.39. The van der Waals surface area contributed by atoms with Gasteiger partial charge in [0.1, 0.15) is 5.54 Å². The molecule has 94 valence electrons. The van der Waals surface area contributed by atoms with E-state index in [2.05, 4.69) is 11.2 Å². The first kappa shape index (κ1) is 12.4. The molecule has 2 fully saturated rings. The Morgan fingerprint density at radius 2 is 2.24 bits per heavy atom. The minimum absolute atomic E-state index is 0.141. The first-order valence-electron chi connectivity index (χ1n) is 6.49. The second kappa shape index (κ2) is 5.10. The van der Waals surface area contributed by atoms with E-state index in [1.165, 1.54) is 26.4 Å². The summed E-state index contributed by atoms with van der Waals surface area (Å²) in [5.41, 5.74) is -0.521. The molecule has 2 aliphatic carbocycles. The molecule has 0 bridgehead atoms. The van der Waals surface area contributed by atoms with E-state index in [0.717, 1.165) is 25.2 Å². The molecule has 0 saturated heterocycles. The third-order valence-electron chi connectivity index (χ3n) is 4.18. The third kappa shape index (κ3) is 2.63. The van der Waals surface area contributed by atoms with Crippen LogP contribution in [-0.2, 0) is 9.53 Å². The summed E-state index contributed by atoms with van der Waals surface area (Å²) in [5.74, 6) is 3.93. The number of carbonyl (C=O) groups is 1. The van der Waals surface area contributed by atoms with Gasteiger partial charge in [0.05, 0.1) is 13.7 Å². The molecule has 0 heterocycles. The fraction of sp³-hybridized carbons (Fsp3) is 0.786. The molecule has 17 heavy (non-hydrogen) atoms. The quantitative estimate of drug-likeness (QED) is 0.595. The topological polar surface area (TPSA) is 38.3 Å². The highest BCUT2D eigenvalue weighted by molar-refractivity contribution is 5.81. The van der Waals surface area contributed by atoms with Crippen molar-refractivity contribution < 1.29 is 9.53 Å². The number of hydrogen-bond donors (Lipinski definition) is 1. The zero-order valence-electron chi connectivity index (χ0n) is 10.5. The normalized spacial score (nSPS) is 32.8. The lowest BCUT2D eigenvalue weighted by molar-refractivity contribution is -0.151. The lowest BCUT2D eigenvalue weighted by atomic mass is 9.73. The fourth-order valence-corrected chi connectivity index (χ4v) is 3.12. The van der Waals surface area contributed by atoms with Gasteiger partial charge in [-0.2, -0.15) is 0 Å². The summed E-state index contributed by atoms with van der Waals surface area (Å²) in [5, 5.41) is 3.24. The maximum Gasteiger partial charge on any atom is 0.326 e. The standard InChI is InChI=1S/C14H21NO2/c1-3-9-15-14(13(16)17-2)8-4-5-12(10-14)11-6-7-11/h1,11-12,15H,4-10H2,2H3. The lowest BCUT2D eigenvalue weighted by Crippen LogP contribution is -2.55. The molecule has 0 aromatic rings. The number of esters is 1. The van der Waals surface area contributed by atoms with Crippen LogP contribution in [0.2, 0.25) is 0 Å². The smallest absolute Gasteiger partial charge is 0.326 e. The van der Waals surface area contributed by atoms with Gasteiger partial charge in [-0.15, -0.1) is 6.42 Å². The van der Waals surface area contributed by atoms with Gasteiger partial charge in [0, 0.05) is 0 Å². The molecular formula is C14H21NO2. The van der Waals surface area contributed by atoms with Crippen LogP contribution in [0, 0.1) is 24.2 Å². The maximum atomic E-state index is 12.0. The molecule has 0 spiro atoms.